The minimum Gasteiger partial charge on any atom is -0.319 e. The van der Waals surface area contributed by atoms with Crippen molar-refractivity contribution in [3.63, 3.8) is 0 Å². The van der Waals surface area contributed by atoms with Gasteiger partial charge in [-0.05, 0) is 37.1 Å². The summed E-state index contributed by atoms with van der Waals surface area (Å²) in [6.07, 6.45) is 0.751. The monoisotopic (exact) mass is 287 g/mol. The Bertz CT molecular complexity index is 515. The number of nitrogens with one attached hydrogen (secondary N) is 1. The molecule has 1 fully saturated rings. The van der Waals surface area contributed by atoms with Crippen LogP contribution in [0.1, 0.15) is 17.9 Å². The van der Waals surface area contributed by atoms with Crippen LogP contribution in [0.25, 0.3) is 0 Å². The molecule has 2 atom stereocenters. The zero-order chi connectivity index (χ0) is 13.2. The van der Waals surface area contributed by atoms with Gasteiger partial charge in [-0.3, -0.25) is 0 Å². The van der Waals surface area contributed by atoms with Gasteiger partial charge >= 0.3 is 0 Å². The van der Waals surface area contributed by atoms with Gasteiger partial charge in [0, 0.05) is 17.5 Å². The van der Waals surface area contributed by atoms with E-state index in [-0.39, 0.29) is 11.8 Å². The fourth-order valence-electron chi connectivity index (χ4n) is 2.65. The van der Waals surface area contributed by atoms with Crippen LogP contribution in [-0.4, -0.2) is 33.5 Å². The molecule has 1 N–H and O–H groups in total. The van der Waals surface area contributed by atoms with Crippen molar-refractivity contribution < 1.29 is 8.42 Å². The highest BCUT2D eigenvalue weighted by Crippen LogP contribution is 2.33. The summed E-state index contributed by atoms with van der Waals surface area (Å²) in [4.78, 5) is 0. The molecule has 1 aromatic carbocycles. The Morgan fingerprint density at radius 3 is 2.83 bits per heavy atom. The summed E-state index contributed by atoms with van der Waals surface area (Å²) in [7, 11) is -0.948. The highest BCUT2D eigenvalue weighted by molar-refractivity contribution is 7.91. The van der Waals surface area contributed by atoms with Crippen LogP contribution < -0.4 is 5.32 Å². The van der Waals surface area contributed by atoms with Crippen LogP contribution >= 0.6 is 11.6 Å². The van der Waals surface area contributed by atoms with Crippen LogP contribution in [0.2, 0.25) is 5.02 Å². The summed E-state index contributed by atoms with van der Waals surface area (Å²) in [5, 5.41) is 3.86. The van der Waals surface area contributed by atoms with E-state index in [1.54, 1.807) is 0 Å². The Kier molecular flexibility index (Phi) is 4.30. The van der Waals surface area contributed by atoms with Crippen molar-refractivity contribution in [2.45, 2.75) is 12.3 Å². The summed E-state index contributed by atoms with van der Waals surface area (Å²) in [5.41, 5.74) is 1.12. The lowest BCUT2D eigenvalue weighted by Crippen LogP contribution is -2.25. The predicted molar refractivity (Wildman–Crippen MR) is 74.9 cm³/mol. The van der Waals surface area contributed by atoms with Crippen molar-refractivity contribution in [3.8, 4) is 0 Å². The second kappa shape index (κ2) is 5.59. The molecule has 0 spiro atoms. The molecule has 0 radical (unpaired) electrons. The fraction of sp³-hybridized carbons (Fsp3) is 0.538. The Morgan fingerprint density at radius 1 is 1.50 bits per heavy atom. The van der Waals surface area contributed by atoms with Gasteiger partial charge < -0.3 is 5.32 Å². The largest absolute Gasteiger partial charge is 0.319 e. The molecule has 5 heteroatoms. The summed E-state index contributed by atoms with van der Waals surface area (Å²) >= 11 is 6.01. The third-order valence-corrected chi connectivity index (χ3v) is 5.57. The van der Waals surface area contributed by atoms with Crippen LogP contribution in [0.4, 0.5) is 0 Å². The van der Waals surface area contributed by atoms with Crippen molar-refractivity contribution in [2.75, 3.05) is 25.1 Å². The second-order valence-corrected chi connectivity index (χ2v) is 7.55. The van der Waals surface area contributed by atoms with Gasteiger partial charge in [0.25, 0.3) is 0 Å². The van der Waals surface area contributed by atoms with E-state index in [1.807, 2.05) is 31.3 Å². The van der Waals surface area contributed by atoms with Gasteiger partial charge in [-0.15, -0.1) is 0 Å². The van der Waals surface area contributed by atoms with E-state index in [0.29, 0.717) is 16.5 Å². The van der Waals surface area contributed by atoms with Crippen molar-refractivity contribution in [3.05, 3.63) is 34.9 Å². The maximum absolute atomic E-state index is 11.6. The van der Waals surface area contributed by atoms with Crippen LogP contribution in [0.15, 0.2) is 24.3 Å². The van der Waals surface area contributed by atoms with E-state index < -0.39 is 9.84 Å². The summed E-state index contributed by atoms with van der Waals surface area (Å²) in [6, 6.07) is 7.73. The van der Waals surface area contributed by atoms with E-state index in [0.717, 1.165) is 18.5 Å². The van der Waals surface area contributed by atoms with E-state index in [2.05, 4.69) is 5.32 Å². The number of sulfone groups is 1. The first-order valence-corrected chi connectivity index (χ1v) is 8.32. The first-order valence-electron chi connectivity index (χ1n) is 6.12. The first kappa shape index (κ1) is 13.8. The van der Waals surface area contributed by atoms with E-state index in [9.17, 15) is 8.42 Å². The van der Waals surface area contributed by atoms with Gasteiger partial charge in [0.1, 0.15) is 0 Å². The number of rotatable bonds is 4. The topological polar surface area (TPSA) is 46.2 Å². The molecule has 0 saturated carbocycles. The molecule has 2 rings (SSSR count). The lowest BCUT2D eigenvalue weighted by atomic mass is 9.85. The zero-order valence-electron chi connectivity index (χ0n) is 10.4. The first-order chi connectivity index (χ1) is 8.52. The quantitative estimate of drug-likeness (QED) is 0.922. The highest BCUT2D eigenvalue weighted by atomic mass is 35.5. The third kappa shape index (κ3) is 3.25. The zero-order valence-corrected chi connectivity index (χ0v) is 12.0. The van der Waals surface area contributed by atoms with Crippen LogP contribution in [0.3, 0.4) is 0 Å². The molecule has 100 valence electrons. The van der Waals surface area contributed by atoms with Gasteiger partial charge in [-0.1, -0.05) is 23.7 Å². The van der Waals surface area contributed by atoms with Crippen LogP contribution in [0, 0.1) is 5.92 Å². The Hall–Kier alpha value is -0.580. The lowest BCUT2D eigenvalue weighted by Gasteiger charge is -2.23. The molecule has 0 aliphatic carbocycles. The van der Waals surface area contributed by atoms with Gasteiger partial charge in [-0.25, -0.2) is 8.42 Å². The molecule has 0 amide bonds. The lowest BCUT2D eigenvalue weighted by molar-refractivity contribution is 0.451. The summed E-state index contributed by atoms with van der Waals surface area (Å²) < 4.78 is 23.2. The summed E-state index contributed by atoms with van der Waals surface area (Å²) in [5.74, 6) is 1.02. The molecule has 1 aliphatic rings. The Labute approximate surface area is 113 Å². The molecule has 18 heavy (non-hydrogen) atoms. The fourth-order valence-corrected chi connectivity index (χ4v) is 4.73. The smallest absolute Gasteiger partial charge is 0.150 e. The SMILES string of the molecule is CNCC(c1cccc(Cl)c1)C1CCS(=O)(=O)C1. The predicted octanol–water partition coefficient (Wildman–Crippen LogP) is 2.08. The van der Waals surface area contributed by atoms with Crippen LogP contribution in [0.5, 0.6) is 0 Å². The van der Waals surface area contributed by atoms with Crippen molar-refractivity contribution in [1.29, 1.82) is 0 Å². The number of halogens is 1. The Morgan fingerprint density at radius 2 is 2.28 bits per heavy atom. The molecule has 1 saturated heterocycles. The van der Waals surface area contributed by atoms with Crippen molar-refractivity contribution >= 4 is 21.4 Å². The highest BCUT2D eigenvalue weighted by Gasteiger charge is 2.34. The normalized spacial score (nSPS) is 24.0. The number of hydrogen-bond donors (Lipinski definition) is 1. The van der Waals surface area contributed by atoms with Crippen molar-refractivity contribution in [1.82, 2.24) is 5.32 Å². The molecule has 1 aliphatic heterocycles. The number of hydrogen-bond acceptors (Lipinski definition) is 3. The number of likely N-dealkylation sites (N-methyl/N-ethyl adjacent to an activating group) is 1. The van der Waals surface area contributed by atoms with Gasteiger partial charge in [0.2, 0.25) is 0 Å². The van der Waals surface area contributed by atoms with Crippen LogP contribution in [-0.2, 0) is 9.84 Å². The average molecular weight is 288 g/mol. The molecule has 0 bridgehead atoms. The van der Waals surface area contributed by atoms with E-state index in [1.165, 1.54) is 0 Å². The van der Waals surface area contributed by atoms with Crippen molar-refractivity contribution in [2.24, 2.45) is 5.92 Å². The standard InChI is InChI=1S/C13H18ClNO2S/c1-15-8-13(10-3-2-4-12(14)7-10)11-5-6-18(16,17)9-11/h2-4,7,11,13,15H,5-6,8-9H2,1H3. The molecule has 1 aromatic rings. The van der Waals surface area contributed by atoms with Gasteiger partial charge in [0.05, 0.1) is 11.5 Å². The second-order valence-electron chi connectivity index (χ2n) is 4.88. The molecule has 3 nitrogen and oxygen atoms in total. The minimum absolute atomic E-state index is 0.195. The van der Waals surface area contributed by atoms with Gasteiger partial charge in [0.15, 0.2) is 9.84 Å². The average Bonchev–Trinajstić information content (AvgIpc) is 2.66. The molecule has 0 aromatic heterocycles. The van der Waals surface area contributed by atoms with E-state index in [4.69, 9.17) is 11.6 Å². The molecular formula is C13H18ClNO2S. The van der Waals surface area contributed by atoms with E-state index >= 15 is 0 Å². The molecule has 2 unspecified atom stereocenters. The maximum atomic E-state index is 11.6. The molecule has 1 heterocycles. The molecular weight excluding hydrogens is 270 g/mol. The summed E-state index contributed by atoms with van der Waals surface area (Å²) in [6.45, 7) is 0.778. The third-order valence-electron chi connectivity index (χ3n) is 3.54. The minimum atomic E-state index is -2.84. The maximum Gasteiger partial charge on any atom is 0.150 e. The number of benzene rings is 1. The van der Waals surface area contributed by atoms with Gasteiger partial charge in [-0.2, -0.15) is 0 Å². The Balaban J connectivity index is 2.24.